The summed E-state index contributed by atoms with van der Waals surface area (Å²) in [6, 6.07) is 0. The average molecular weight is 198 g/mol. The molecule has 0 atom stereocenters. The van der Waals surface area contributed by atoms with Crippen LogP contribution in [0.25, 0.3) is 0 Å². The van der Waals surface area contributed by atoms with E-state index in [0.717, 1.165) is 5.92 Å². The van der Waals surface area contributed by atoms with Gasteiger partial charge in [-0.2, -0.15) is 0 Å². The summed E-state index contributed by atoms with van der Waals surface area (Å²) in [5, 5.41) is 0. The fraction of sp³-hybridized carbons (Fsp3) is 1.00. The van der Waals surface area contributed by atoms with Gasteiger partial charge in [0.2, 0.25) is 0 Å². The standard InChI is InChI=1S/C12H26N2/c1-12(2,3)14-8-6-11(7-9-14)10-13(4)5/h11H,6-10H2,1-5H3. The summed E-state index contributed by atoms with van der Waals surface area (Å²) in [4.78, 5) is 4.93. The van der Waals surface area contributed by atoms with Crippen molar-refractivity contribution < 1.29 is 0 Å². The first-order valence-electron chi connectivity index (χ1n) is 5.79. The predicted molar refractivity (Wildman–Crippen MR) is 62.6 cm³/mol. The summed E-state index contributed by atoms with van der Waals surface area (Å²) >= 11 is 0. The molecular formula is C12H26N2. The molecule has 14 heavy (non-hydrogen) atoms. The molecule has 0 unspecified atom stereocenters. The van der Waals surface area contributed by atoms with Crippen molar-refractivity contribution >= 4 is 0 Å². The lowest BCUT2D eigenvalue weighted by atomic mass is 9.93. The lowest BCUT2D eigenvalue weighted by molar-refractivity contribution is 0.0801. The first-order valence-corrected chi connectivity index (χ1v) is 5.79. The minimum Gasteiger partial charge on any atom is -0.309 e. The van der Waals surface area contributed by atoms with Crippen molar-refractivity contribution in [2.24, 2.45) is 5.92 Å². The van der Waals surface area contributed by atoms with Crippen LogP contribution in [0.4, 0.5) is 0 Å². The minimum atomic E-state index is 0.364. The summed E-state index contributed by atoms with van der Waals surface area (Å²) in [5.74, 6) is 0.920. The zero-order valence-corrected chi connectivity index (χ0v) is 10.5. The second kappa shape index (κ2) is 4.63. The normalized spacial score (nSPS) is 21.9. The van der Waals surface area contributed by atoms with Gasteiger partial charge in [-0.3, -0.25) is 4.90 Å². The van der Waals surface area contributed by atoms with Crippen molar-refractivity contribution in [1.29, 1.82) is 0 Å². The van der Waals surface area contributed by atoms with Crippen molar-refractivity contribution in [3.8, 4) is 0 Å². The highest BCUT2D eigenvalue weighted by molar-refractivity contribution is 4.82. The first-order chi connectivity index (χ1) is 6.39. The van der Waals surface area contributed by atoms with Gasteiger partial charge in [-0.25, -0.2) is 0 Å². The molecule has 2 nitrogen and oxygen atoms in total. The van der Waals surface area contributed by atoms with Crippen LogP contribution >= 0.6 is 0 Å². The molecule has 0 amide bonds. The highest BCUT2D eigenvalue weighted by Gasteiger charge is 2.26. The zero-order chi connectivity index (χ0) is 10.8. The van der Waals surface area contributed by atoms with E-state index in [0.29, 0.717) is 5.54 Å². The first kappa shape index (κ1) is 12.0. The number of hydrogen-bond donors (Lipinski definition) is 0. The Morgan fingerprint density at radius 3 is 2.00 bits per heavy atom. The molecule has 1 aliphatic heterocycles. The molecule has 2 heteroatoms. The minimum absolute atomic E-state index is 0.364. The smallest absolute Gasteiger partial charge is 0.0125 e. The molecule has 0 N–H and O–H groups in total. The van der Waals surface area contributed by atoms with Crippen LogP contribution < -0.4 is 0 Å². The van der Waals surface area contributed by atoms with E-state index < -0.39 is 0 Å². The van der Waals surface area contributed by atoms with E-state index >= 15 is 0 Å². The Balaban J connectivity index is 2.31. The van der Waals surface area contributed by atoms with E-state index in [1.807, 2.05) is 0 Å². The quantitative estimate of drug-likeness (QED) is 0.670. The van der Waals surface area contributed by atoms with E-state index in [9.17, 15) is 0 Å². The van der Waals surface area contributed by atoms with Gasteiger partial charge < -0.3 is 4.90 Å². The molecule has 0 aromatic carbocycles. The van der Waals surface area contributed by atoms with Crippen LogP contribution in [0.15, 0.2) is 0 Å². The van der Waals surface area contributed by atoms with E-state index in [-0.39, 0.29) is 0 Å². The molecule has 0 radical (unpaired) electrons. The van der Waals surface area contributed by atoms with Gasteiger partial charge in [0.15, 0.2) is 0 Å². The predicted octanol–water partition coefficient (Wildman–Crippen LogP) is 2.06. The summed E-state index contributed by atoms with van der Waals surface area (Å²) in [7, 11) is 4.35. The molecule has 0 aromatic heterocycles. The van der Waals surface area contributed by atoms with Gasteiger partial charge in [-0.1, -0.05) is 0 Å². The topological polar surface area (TPSA) is 6.48 Å². The number of piperidine rings is 1. The molecule has 0 bridgehead atoms. The Labute approximate surface area is 89.3 Å². The highest BCUT2D eigenvalue weighted by atomic mass is 15.2. The number of hydrogen-bond acceptors (Lipinski definition) is 2. The van der Waals surface area contributed by atoms with Crippen LogP contribution in [0.5, 0.6) is 0 Å². The number of nitrogens with zero attached hydrogens (tertiary/aromatic N) is 2. The summed E-state index contributed by atoms with van der Waals surface area (Å²) < 4.78 is 0. The Morgan fingerprint density at radius 1 is 1.14 bits per heavy atom. The number of likely N-dealkylation sites (tertiary alicyclic amines) is 1. The maximum atomic E-state index is 2.61. The molecule has 1 aliphatic rings. The molecular weight excluding hydrogens is 172 g/mol. The molecule has 1 saturated heterocycles. The Hall–Kier alpha value is -0.0800. The average Bonchev–Trinajstić information content (AvgIpc) is 2.02. The third-order valence-corrected chi connectivity index (χ3v) is 3.19. The van der Waals surface area contributed by atoms with Crippen molar-refractivity contribution in [3.63, 3.8) is 0 Å². The van der Waals surface area contributed by atoms with Crippen molar-refractivity contribution in [2.45, 2.75) is 39.2 Å². The largest absolute Gasteiger partial charge is 0.309 e. The van der Waals surface area contributed by atoms with E-state index in [4.69, 9.17) is 0 Å². The second-order valence-electron chi connectivity index (χ2n) is 5.86. The summed E-state index contributed by atoms with van der Waals surface area (Å²) in [5.41, 5.74) is 0.364. The Kier molecular flexibility index (Phi) is 3.96. The number of rotatable bonds is 2. The monoisotopic (exact) mass is 198 g/mol. The fourth-order valence-corrected chi connectivity index (χ4v) is 2.30. The summed E-state index contributed by atoms with van der Waals surface area (Å²) in [6.07, 6.45) is 2.74. The van der Waals surface area contributed by atoms with Gasteiger partial charge in [0, 0.05) is 12.1 Å². The van der Waals surface area contributed by atoms with Gasteiger partial charge in [-0.05, 0) is 66.7 Å². The van der Waals surface area contributed by atoms with Crippen LogP contribution in [-0.4, -0.2) is 49.1 Å². The third-order valence-electron chi connectivity index (χ3n) is 3.19. The molecule has 1 fully saturated rings. The third kappa shape index (κ3) is 3.58. The lowest BCUT2D eigenvalue weighted by Gasteiger charge is -2.41. The van der Waals surface area contributed by atoms with E-state index in [1.165, 1.54) is 32.5 Å². The van der Waals surface area contributed by atoms with Crippen LogP contribution in [0.2, 0.25) is 0 Å². The fourth-order valence-electron chi connectivity index (χ4n) is 2.30. The molecule has 0 saturated carbocycles. The molecule has 0 aliphatic carbocycles. The van der Waals surface area contributed by atoms with Gasteiger partial charge in [0.05, 0.1) is 0 Å². The Morgan fingerprint density at radius 2 is 1.64 bits per heavy atom. The van der Waals surface area contributed by atoms with Crippen molar-refractivity contribution in [1.82, 2.24) is 9.80 Å². The van der Waals surface area contributed by atoms with Crippen LogP contribution in [0.3, 0.4) is 0 Å². The van der Waals surface area contributed by atoms with Gasteiger partial charge >= 0.3 is 0 Å². The zero-order valence-electron chi connectivity index (χ0n) is 10.5. The molecule has 1 rings (SSSR count). The van der Waals surface area contributed by atoms with Crippen molar-refractivity contribution in [3.05, 3.63) is 0 Å². The van der Waals surface area contributed by atoms with Crippen molar-refractivity contribution in [2.75, 3.05) is 33.7 Å². The molecule has 1 heterocycles. The van der Waals surface area contributed by atoms with Crippen LogP contribution in [0.1, 0.15) is 33.6 Å². The molecule has 0 spiro atoms. The van der Waals surface area contributed by atoms with Crippen LogP contribution in [0, 0.1) is 5.92 Å². The SMILES string of the molecule is CN(C)CC1CCN(C(C)(C)C)CC1. The van der Waals surface area contributed by atoms with E-state index in [1.54, 1.807) is 0 Å². The molecule has 0 aromatic rings. The van der Waals surface area contributed by atoms with E-state index in [2.05, 4.69) is 44.7 Å². The maximum Gasteiger partial charge on any atom is 0.0125 e. The lowest BCUT2D eigenvalue weighted by Crippen LogP contribution is -2.47. The van der Waals surface area contributed by atoms with Crippen LogP contribution in [-0.2, 0) is 0 Å². The summed E-state index contributed by atoms with van der Waals surface area (Å²) in [6.45, 7) is 10.8. The van der Waals surface area contributed by atoms with Gasteiger partial charge in [0.25, 0.3) is 0 Å². The Bertz CT molecular complexity index is 162. The van der Waals surface area contributed by atoms with Gasteiger partial charge in [0.1, 0.15) is 0 Å². The molecule has 84 valence electrons. The maximum absolute atomic E-state index is 2.61. The second-order valence-corrected chi connectivity index (χ2v) is 5.86. The highest BCUT2D eigenvalue weighted by Crippen LogP contribution is 2.23. The van der Waals surface area contributed by atoms with Gasteiger partial charge in [-0.15, -0.1) is 0 Å².